The summed E-state index contributed by atoms with van der Waals surface area (Å²) in [6, 6.07) is 4.87. The van der Waals surface area contributed by atoms with Crippen LogP contribution < -0.4 is 21.1 Å². The lowest BCUT2D eigenvalue weighted by atomic mass is 10.1. The molecule has 1 aromatic rings. The zero-order chi connectivity index (χ0) is 13.4. The van der Waals surface area contributed by atoms with E-state index >= 15 is 0 Å². The van der Waals surface area contributed by atoms with E-state index in [0.717, 1.165) is 0 Å². The van der Waals surface area contributed by atoms with Gasteiger partial charge < -0.3 is 21.1 Å². The lowest BCUT2D eigenvalue weighted by Crippen LogP contribution is -2.27. The highest BCUT2D eigenvalue weighted by atomic mass is 16.5. The lowest BCUT2D eigenvalue weighted by molar-refractivity contribution is -0.109. The van der Waals surface area contributed by atoms with Crippen molar-refractivity contribution in [2.24, 2.45) is 0 Å². The van der Waals surface area contributed by atoms with E-state index in [1.165, 1.54) is 7.11 Å². The Bertz CT molecular complexity index is 421. The van der Waals surface area contributed by atoms with E-state index in [4.69, 9.17) is 10.5 Å². The van der Waals surface area contributed by atoms with Gasteiger partial charge in [-0.1, -0.05) is 0 Å². The van der Waals surface area contributed by atoms with Crippen LogP contribution in [-0.2, 0) is 4.79 Å². The summed E-state index contributed by atoms with van der Waals surface area (Å²) in [5.41, 5.74) is 6.62. The van der Waals surface area contributed by atoms with Crippen molar-refractivity contribution in [1.29, 1.82) is 0 Å². The Labute approximate surface area is 105 Å². The number of carbonyl (C=O) groups excluding carboxylic acids is 2. The van der Waals surface area contributed by atoms with E-state index in [2.05, 4.69) is 10.6 Å². The van der Waals surface area contributed by atoms with Crippen molar-refractivity contribution < 1.29 is 14.3 Å². The summed E-state index contributed by atoms with van der Waals surface area (Å²) >= 11 is 0. The van der Waals surface area contributed by atoms with Crippen LogP contribution in [0, 0.1) is 0 Å². The number of ether oxygens (including phenoxy) is 1. The normalized spacial score (nSPS) is 9.61. The first-order valence-electron chi connectivity index (χ1n) is 5.57. The van der Waals surface area contributed by atoms with Gasteiger partial charge in [0.05, 0.1) is 12.8 Å². The van der Waals surface area contributed by atoms with Gasteiger partial charge in [0.15, 0.2) is 0 Å². The van der Waals surface area contributed by atoms with E-state index in [-0.39, 0.29) is 5.91 Å². The second-order valence-corrected chi connectivity index (χ2v) is 3.64. The maximum atomic E-state index is 11.7. The van der Waals surface area contributed by atoms with Gasteiger partial charge in [0.2, 0.25) is 6.41 Å². The molecule has 0 aromatic heterocycles. The smallest absolute Gasteiger partial charge is 0.251 e. The predicted molar refractivity (Wildman–Crippen MR) is 68.4 cm³/mol. The molecule has 6 heteroatoms. The number of amides is 2. The van der Waals surface area contributed by atoms with Crippen LogP contribution in [0.25, 0.3) is 0 Å². The molecule has 0 fully saturated rings. The molecule has 0 spiro atoms. The maximum absolute atomic E-state index is 11.7. The van der Waals surface area contributed by atoms with E-state index in [1.807, 2.05) is 0 Å². The van der Waals surface area contributed by atoms with Crippen LogP contribution in [0.2, 0.25) is 0 Å². The third kappa shape index (κ3) is 3.97. The molecule has 4 N–H and O–H groups in total. The molecule has 0 atom stereocenters. The summed E-state index contributed by atoms with van der Waals surface area (Å²) in [5.74, 6) is 0.345. The highest BCUT2D eigenvalue weighted by Crippen LogP contribution is 2.21. The van der Waals surface area contributed by atoms with Crippen LogP contribution >= 0.6 is 0 Å². The molecule has 0 aliphatic carbocycles. The van der Waals surface area contributed by atoms with E-state index in [0.29, 0.717) is 42.9 Å². The second kappa shape index (κ2) is 7.16. The number of hydrogen-bond acceptors (Lipinski definition) is 4. The summed E-state index contributed by atoms with van der Waals surface area (Å²) in [4.78, 5) is 21.7. The van der Waals surface area contributed by atoms with Crippen molar-refractivity contribution in [2.75, 3.05) is 25.9 Å². The van der Waals surface area contributed by atoms with Crippen molar-refractivity contribution >= 4 is 18.0 Å². The van der Waals surface area contributed by atoms with E-state index < -0.39 is 0 Å². The lowest BCUT2D eigenvalue weighted by Gasteiger charge is -2.08. The van der Waals surface area contributed by atoms with Crippen LogP contribution in [0.15, 0.2) is 18.2 Å². The fourth-order valence-electron chi connectivity index (χ4n) is 1.43. The van der Waals surface area contributed by atoms with Crippen molar-refractivity contribution in [3.05, 3.63) is 23.8 Å². The fraction of sp³-hybridized carbons (Fsp3) is 0.333. The van der Waals surface area contributed by atoms with Crippen LogP contribution in [0.1, 0.15) is 16.8 Å². The topological polar surface area (TPSA) is 93.5 Å². The third-order valence-corrected chi connectivity index (χ3v) is 2.36. The minimum atomic E-state index is -0.199. The largest absolute Gasteiger partial charge is 0.495 e. The molecule has 98 valence electrons. The summed E-state index contributed by atoms with van der Waals surface area (Å²) in [7, 11) is 1.52. The number of carbonyl (C=O) groups is 2. The first-order chi connectivity index (χ1) is 8.69. The Hall–Kier alpha value is -2.24. The molecule has 0 saturated carbocycles. The van der Waals surface area contributed by atoms with Gasteiger partial charge in [-0.05, 0) is 24.6 Å². The quantitative estimate of drug-likeness (QED) is 0.365. The minimum absolute atomic E-state index is 0.199. The molecular formula is C12H17N3O3. The summed E-state index contributed by atoms with van der Waals surface area (Å²) in [5, 5.41) is 5.25. The van der Waals surface area contributed by atoms with Gasteiger partial charge in [-0.3, -0.25) is 9.59 Å². The van der Waals surface area contributed by atoms with Gasteiger partial charge in [0.1, 0.15) is 5.75 Å². The number of nitrogens with two attached hydrogens (primary N) is 1. The van der Waals surface area contributed by atoms with Gasteiger partial charge in [-0.2, -0.15) is 0 Å². The van der Waals surface area contributed by atoms with Crippen LogP contribution in [0.4, 0.5) is 5.69 Å². The predicted octanol–water partition coefficient (Wildman–Crippen LogP) is 0.143. The average Bonchev–Trinajstić information content (AvgIpc) is 2.38. The first kappa shape index (κ1) is 13.8. The molecular weight excluding hydrogens is 234 g/mol. The number of hydrogen-bond donors (Lipinski definition) is 3. The van der Waals surface area contributed by atoms with Crippen molar-refractivity contribution in [2.45, 2.75) is 6.42 Å². The number of benzene rings is 1. The fourth-order valence-corrected chi connectivity index (χ4v) is 1.43. The highest BCUT2D eigenvalue weighted by Gasteiger charge is 2.07. The number of nitrogen functional groups attached to an aromatic ring is 1. The number of methoxy groups -OCH3 is 1. The number of rotatable bonds is 7. The molecule has 0 bridgehead atoms. The van der Waals surface area contributed by atoms with Gasteiger partial charge >= 0.3 is 0 Å². The molecule has 6 nitrogen and oxygen atoms in total. The molecule has 1 rings (SSSR count). The summed E-state index contributed by atoms with van der Waals surface area (Å²) in [6.07, 6.45) is 1.31. The van der Waals surface area contributed by atoms with E-state index in [1.54, 1.807) is 18.2 Å². The zero-order valence-corrected chi connectivity index (χ0v) is 10.2. The molecule has 0 unspecified atom stereocenters. The molecule has 2 amide bonds. The van der Waals surface area contributed by atoms with Gasteiger partial charge in [0.25, 0.3) is 5.91 Å². The van der Waals surface area contributed by atoms with Crippen molar-refractivity contribution in [3.63, 3.8) is 0 Å². The molecule has 0 saturated heterocycles. The molecule has 18 heavy (non-hydrogen) atoms. The highest BCUT2D eigenvalue weighted by molar-refractivity contribution is 5.95. The van der Waals surface area contributed by atoms with Gasteiger partial charge in [-0.25, -0.2) is 0 Å². The number of anilines is 1. The minimum Gasteiger partial charge on any atom is -0.495 e. The average molecular weight is 251 g/mol. The SMILES string of the molecule is COc1ccc(C(=O)NCCCNC=O)cc1N. The van der Waals surface area contributed by atoms with Crippen molar-refractivity contribution in [1.82, 2.24) is 10.6 Å². The summed E-state index contributed by atoms with van der Waals surface area (Å²) < 4.78 is 5.01. The van der Waals surface area contributed by atoms with E-state index in [9.17, 15) is 9.59 Å². The Balaban J connectivity index is 2.46. The van der Waals surface area contributed by atoms with Crippen molar-refractivity contribution in [3.8, 4) is 5.75 Å². The Morgan fingerprint density at radius 1 is 1.44 bits per heavy atom. The third-order valence-electron chi connectivity index (χ3n) is 2.36. The Morgan fingerprint density at radius 2 is 2.22 bits per heavy atom. The van der Waals surface area contributed by atoms with Crippen LogP contribution in [-0.4, -0.2) is 32.5 Å². The zero-order valence-electron chi connectivity index (χ0n) is 10.2. The monoisotopic (exact) mass is 251 g/mol. The van der Waals surface area contributed by atoms with Crippen LogP contribution in [0.3, 0.4) is 0 Å². The van der Waals surface area contributed by atoms with Gasteiger partial charge in [0, 0.05) is 18.7 Å². The Morgan fingerprint density at radius 3 is 2.83 bits per heavy atom. The standard InChI is InChI=1S/C12H17N3O3/c1-18-11-4-3-9(7-10(11)13)12(17)15-6-2-5-14-8-16/h3-4,7-8H,2,5-6,13H2,1H3,(H,14,16)(H,15,17). The molecule has 0 aliphatic heterocycles. The molecule has 1 aromatic carbocycles. The van der Waals surface area contributed by atoms with Gasteiger partial charge in [-0.15, -0.1) is 0 Å². The molecule has 0 heterocycles. The second-order valence-electron chi connectivity index (χ2n) is 3.64. The first-order valence-corrected chi connectivity index (χ1v) is 5.57. The number of nitrogens with one attached hydrogen (secondary N) is 2. The molecule has 0 aliphatic rings. The van der Waals surface area contributed by atoms with Crippen LogP contribution in [0.5, 0.6) is 5.75 Å². The molecule has 0 radical (unpaired) electrons. The maximum Gasteiger partial charge on any atom is 0.251 e. The summed E-state index contributed by atoms with van der Waals surface area (Å²) in [6.45, 7) is 1.03. The Kier molecular flexibility index (Phi) is 5.50.